The third-order valence-corrected chi connectivity index (χ3v) is 7.14. The lowest BCUT2D eigenvalue weighted by molar-refractivity contribution is -0.139. The Balaban J connectivity index is 1.38. The molecule has 5 rings (SSSR count). The van der Waals surface area contributed by atoms with Crippen molar-refractivity contribution in [3.8, 4) is 0 Å². The molecule has 0 spiro atoms. The van der Waals surface area contributed by atoms with Crippen LogP contribution in [0, 0.1) is 11.8 Å². The highest BCUT2D eigenvalue weighted by Gasteiger charge is 2.52. The number of ketones is 1. The second-order valence-corrected chi connectivity index (χ2v) is 9.25. The first-order valence-electron chi connectivity index (χ1n) is 11.1. The number of hydrogen-bond acceptors (Lipinski definition) is 5. The first kappa shape index (κ1) is 20.2. The molecule has 0 aromatic heterocycles. The van der Waals surface area contributed by atoms with Crippen LogP contribution in [0.25, 0.3) is 0 Å². The van der Waals surface area contributed by atoms with Crippen LogP contribution < -0.4 is 10.6 Å². The average molecular weight is 425 g/mol. The Hall–Kier alpha value is -2.74. The molecule has 1 aromatic rings. The molecule has 31 heavy (non-hydrogen) atoms. The highest BCUT2D eigenvalue weighted by Crippen LogP contribution is 2.35. The fourth-order valence-electron chi connectivity index (χ4n) is 5.55. The lowest BCUT2D eigenvalue weighted by Crippen LogP contribution is -2.54. The molecule has 3 fully saturated rings. The molecule has 1 aliphatic carbocycles. The average Bonchev–Trinajstić information content (AvgIpc) is 3.51. The van der Waals surface area contributed by atoms with Gasteiger partial charge in [-0.1, -0.05) is 25.8 Å². The fourth-order valence-corrected chi connectivity index (χ4v) is 5.55. The van der Waals surface area contributed by atoms with E-state index >= 15 is 0 Å². The van der Waals surface area contributed by atoms with Crippen LogP contribution in [0.15, 0.2) is 18.2 Å². The molecule has 8 heteroatoms. The van der Waals surface area contributed by atoms with Gasteiger partial charge in [0.1, 0.15) is 18.7 Å². The number of anilines is 1. The number of likely N-dealkylation sites (tertiary alicyclic amines) is 1. The molecular formula is C23H27N3O5. The van der Waals surface area contributed by atoms with E-state index in [2.05, 4.69) is 10.6 Å². The van der Waals surface area contributed by atoms with Crippen LogP contribution in [-0.2, 0) is 25.5 Å². The Morgan fingerprint density at radius 2 is 2.00 bits per heavy atom. The summed E-state index contributed by atoms with van der Waals surface area (Å²) in [4.78, 5) is 52.3. The van der Waals surface area contributed by atoms with E-state index in [-0.39, 0.29) is 48.1 Å². The Bertz CT molecular complexity index is 955. The Morgan fingerprint density at radius 3 is 2.77 bits per heavy atom. The van der Waals surface area contributed by atoms with Gasteiger partial charge in [-0.25, -0.2) is 0 Å². The highest BCUT2D eigenvalue weighted by molar-refractivity contribution is 6.03. The van der Waals surface area contributed by atoms with Crippen LogP contribution in [0.5, 0.6) is 0 Å². The minimum atomic E-state index is -0.669. The van der Waals surface area contributed by atoms with Crippen LogP contribution in [0.1, 0.15) is 48.5 Å². The molecule has 164 valence electrons. The number of ether oxygens (including phenoxy) is 1. The normalized spacial score (nSPS) is 28.4. The molecule has 2 N–H and O–H groups in total. The number of benzene rings is 1. The molecule has 1 saturated carbocycles. The van der Waals surface area contributed by atoms with E-state index in [1.165, 1.54) is 0 Å². The summed E-state index contributed by atoms with van der Waals surface area (Å²) in [6.07, 6.45) is 3.86. The fraction of sp³-hybridized carbons (Fsp3) is 0.565. The molecule has 3 aliphatic heterocycles. The number of fused-ring (bicyclic) bond motifs is 2. The summed E-state index contributed by atoms with van der Waals surface area (Å²) in [5, 5.41) is 5.73. The number of nitrogens with zero attached hydrogens (tertiary/aromatic N) is 1. The number of nitrogens with one attached hydrogen (secondary N) is 2. The standard InChI is InChI=1S/C23H27N3O5/c1-12-10-26(20-17(27)11-31-21(12)20)23(30)19(13-4-2-3-5-13)25-22(29)15-7-6-14-9-18(28)24-16(14)8-15/h6-8,12-13,19-21H,2-5,9-11H2,1H3,(H,24,28)(H,25,29)/t12-,19-,20+,21+/m0/s1. The van der Waals surface area contributed by atoms with E-state index < -0.39 is 12.1 Å². The summed E-state index contributed by atoms with van der Waals surface area (Å²) in [7, 11) is 0. The number of rotatable bonds is 4. The van der Waals surface area contributed by atoms with E-state index in [4.69, 9.17) is 4.74 Å². The molecule has 2 saturated heterocycles. The van der Waals surface area contributed by atoms with Crippen molar-refractivity contribution in [2.45, 2.75) is 57.2 Å². The second-order valence-electron chi connectivity index (χ2n) is 9.25. The molecule has 4 atom stereocenters. The zero-order chi connectivity index (χ0) is 21.7. The summed E-state index contributed by atoms with van der Waals surface area (Å²) in [6, 6.07) is 3.91. The van der Waals surface area contributed by atoms with E-state index in [1.807, 2.05) is 6.92 Å². The SMILES string of the molecule is C[C@H]1CN(C(=O)[C@@H](NC(=O)c2ccc3c(c2)NC(=O)C3)C2CCCC2)[C@@H]2C(=O)CO[C@@H]21. The van der Waals surface area contributed by atoms with Gasteiger partial charge in [0.05, 0.1) is 12.5 Å². The van der Waals surface area contributed by atoms with E-state index in [0.29, 0.717) is 24.2 Å². The van der Waals surface area contributed by atoms with Crippen molar-refractivity contribution in [1.29, 1.82) is 0 Å². The minimum Gasteiger partial charge on any atom is -0.367 e. The maximum Gasteiger partial charge on any atom is 0.252 e. The molecule has 3 heterocycles. The molecule has 0 bridgehead atoms. The molecule has 0 unspecified atom stereocenters. The first-order valence-corrected chi connectivity index (χ1v) is 11.1. The van der Waals surface area contributed by atoms with Crippen LogP contribution in [0.4, 0.5) is 5.69 Å². The van der Waals surface area contributed by atoms with Crippen molar-refractivity contribution in [2.24, 2.45) is 11.8 Å². The third-order valence-electron chi connectivity index (χ3n) is 7.14. The second kappa shape index (κ2) is 7.75. The van der Waals surface area contributed by atoms with Crippen molar-refractivity contribution in [1.82, 2.24) is 10.2 Å². The van der Waals surface area contributed by atoms with Gasteiger partial charge in [-0.05, 0) is 36.5 Å². The summed E-state index contributed by atoms with van der Waals surface area (Å²) in [5.41, 5.74) is 1.91. The predicted molar refractivity (Wildman–Crippen MR) is 111 cm³/mol. The Morgan fingerprint density at radius 1 is 1.23 bits per heavy atom. The first-order chi connectivity index (χ1) is 14.9. The molecular weight excluding hydrogens is 398 g/mol. The Labute approximate surface area is 180 Å². The van der Waals surface area contributed by atoms with Gasteiger partial charge < -0.3 is 20.3 Å². The van der Waals surface area contributed by atoms with Crippen molar-refractivity contribution < 1.29 is 23.9 Å². The number of hydrogen-bond donors (Lipinski definition) is 2. The van der Waals surface area contributed by atoms with Crippen molar-refractivity contribution in [3.63, 3.8) is 0 Å². The monoisotopic (exact) mass is 425 g/mol. The quantitative estimate of drug-likeness (QED) is 0.756. The molecule has 3 amide bonds. The third kappa shape index (κ3) is 3.52. The smallest absolute Gasteiger partial charge is 0.252 e. The van der Waals surface area contributed by atoms with Crippen molar-refractivity contribution >= 4 is 29.2 Å². The van der Waals surface area contributed by atoms with Gasteiger partial charge >= 0.3 is 0 Å². The molecule has 4 aliphatic rings. The number of carbonyl (C=O) groups is 4. The van der Waals surface area contributed by atoms with Crippen LogP contribution in [-0.4, -0.2) is 59.7 Å². The lowest BCUT2D eigenvalue weighted by atomic mass is 9.95. The van der Waals surface area contributed by atoms with Crippen LogP contribution >= 0.6 is 0 Å². The number of carbonyl (C=O) groups excluding carboxylic acids is 4. The Kier molecular flexibility index (Phi) is 5.04. The largest absolute Gasteiger partial charge is 0.367 e. The van der Waals surface area contributed by atoms with Gasteiger partial charge in [-0.3, -0.25) is 19.2 Å². The lowest BCUT2D eigenvalue weighted by Gasteiger charge is -2.30. The zero-order valence-corrected chi connectivity index (χ0v) is 17.6. The summed E-state index contributed by atoms with van der Waals surface area (Å²) in [6.45, 7) is 2.50. The number of amides is 3. The molecule has 8 nitrogen and oxygen atoms in total. The van der Waals surface area contributed by atoms with Gasteiger partial charge in [0.15, 0.2) is 5.78 Å². The van der Waals surface area contributed by atoms with Crippen LogP contribution in [0.3, 0.4) is 0 Å². The zero-order valence-electron chi connectivity index (χ0n) is 17.6. The van der Waals surface area contributed by atoms with E-state index in [1.54, 1.807) is 23.1 Å². The van der Waals surface area contributed by atoms with Crippen molar-refractivity contribution in [3.05, 3.63) is 29.3 Å². The summed E-state index contributed by atoms with van der Waals surface area (Å²) in [5.74, 6) is -0.542. The summed E-state index contributed by atoms with van der Waals surface area (Å²) < 4.78 is 5.62. The number of Topliss-reactive ketones (excluding diaryl/α,β-unsaturated/α-hetero) is 1. The van der Waals surface area contributed by atoms with Gasteiger partial charge in [-0.2, -0.15) is 0 Å². The molecule has 0 radical (unpaired) electrons. The minimum absolute atomic E-state index is 0.0464. The maximum absolute atomic E-state index is 13.6. The predicted octanol–water partition coefficient (Wildman–Crippen LogP) is 1.28. The van der Waals surface area contributed by atoms with Gasteiger partial charge in [0, 0.05) is 23.7 Å². The molecule has 1 aromatic carbocycles. The topological polar surface area (TPSA) is 105 Å². The van der Waals surface area contributed by atoms with Gasteiger partial charge in [0.25, 0.3) is 5.91 Å². The van der Waals surface area contributed by atoms with Gasteiger partial charge in [-0.15, -0.1) is 0 Å². The van der Waals surface area contributed by atoms with Gasteiger partial charge in [0.2, 0.25) is 11.8 Å². The maximum atomic E-state index is 13.6. The summed E-state index contributed by atoms with van der Waals surface area (Å²) >= 11 is 0. The van der Waals surface area contributed by atoms with Crippen molar-refractivity contribution in [2.75, 3.05) is 18.5 Å². The van der Waals surface area contributed by atoms with E-state index in [9.17, 15) is 19.2 Å². The highest BCUT2D eigenvalue weighted by atomic mass is 16.5. The van der Waals surface area contributed by atoms with Crippen LogP contribution in [0.2, 0.25) is 0 Å². The van der Waals surface area contributed by atoms with E-state index in [0.717, 1.165) is 31.2 Å².